The first-order chi connectivity index (χ1) is 17.6. The lowest BCUT2D eigenvalue weighted by molar-refractivity contribution is 0.145. The van der Waals surface area contributed by atoms with Crippen molar-refractivity contribution in [3.8, 4) is 0 Å². The molecule has 206 valence electrons. The molecule has 6 nitrogen and oxygen atoms in total. The molecule has 0 fully saturated rings. The fourth-order valence-corrected chi connectivity index (χ4v) is 11.7. The molecule has 3 aliphatic carbocycles. The van der Waals surface area contributed by atoms with E-state index < -0.39 is 41.7 Å². The number of rotatable bonds is 12. The third kappa shape index (κ3) is 5.63. The Morgan fingerprint density at radius 2 is 0.838 bits per heavy atom. The topological polar surface area (TPSA) is 121 Å². The molecule has 0 aromatic rings. The van der Waals surface area contributed by atoms with Gasteiger partial charge in [0.15, 0.2) is 0 Å². The molecule has 3 aliphatic rings. The van der Waals surface area contributed by atoms with Gasteiger partial charge >= 0.3 is 0 Å². The Labute approximate surface area is 222 Å². The first-order valence-corrected chi connectivity index (χ1v) is 15.1. The molecule has 0 aromatic carbocycles. The zero-order chi connectivity index (χ0) is 27.3. The third-order valence-corrected chi connectivity index (χ3v) is 12.5. The maximum Gasteiger partial charge on any atom is 0.112 e. The van der Waals surface area contributed by atoms with Crippen LogP contribution in [0.4, 0.5) is 0 Å². The van der Waals surface area contributed by atoms with Crippen LogP contribution in [0.5, 0.6) is 0 Å². The van der Waals surface area contributed by atoms with Gasteiger partial charge in [-0.2, -0.15) is 0 Å². The van der Waals surface area contributed by atoms with Crippen LogP contribution in [0.1, 0.15) is 78.6 Å². The lowest BCUT2D eigenvalue weighted by atomic mass is 9.87. The zero-order valence-electron chi connectivity index (χ0n) is 22.4. The normalized spacial score (nSPS) is 36.2. The van der Waals surface area contributed by atoms with Crippen LogP contribution in [0, 0.1) is 0 Å². The minimum atomic E-state index is -1.71. The summed E-state index contributed by atoms with van der Waals surface area (Å²) in [6.45, 7) is 6.20. The summed E-state index contributed by atoms with van der Waals surface area (Å²) in [7, 11) is -1.71. The molecule has 6 N–H and O–H groups in total. The highest BCUT2D eigenvalue weighted by molar-refractivity contribution is 7.63. The molecule has 7 heteroatoms. The summed E-state index contributed by atoms with van der Waals surface area (Å²) in [6, 6.07) is 0. The predicted molar refractivity (Wildman–Crippen MR) is 151 cm³/mol. The van der Waals surface area contributed by atoms with Gasteiger partial charge in [0.05, 0.1) is 18.3 Å². The van der Waals surface area contributed by atoms with E-state index >= 15 is 0 Å². The number of aliphatic hydroxyl groups excluding tert-OH is 6. The van der Waals surface area contributed by atoms with Crippen molar-refractivity contribution in [3.05, 3.63) is 72.0 Å². The van der Waals surface area contributed by atoms with E-state index in [-0.39, 0.29) is 17.3 Å². The van der Waals surface area contributed by atoms with Crippen LogP contribution >= 0.6 is 7.92 Å². The largest absolute Gasteiger partial charge is 0.508 e. The van der Waals surface area contributed by atoms with Gasteiger partial charge < -0.3 is 30.6 Å². The van der Waals surface area contributed by atoms with E-state index in [1.807, 2.05) is 0 Å². The second-order valence-corrected chi connectivity index (χ2v) is 13.9. The van der Waals surface area contributed by atoms with Crippen molar-refractivity contribution in [2.75, 3.05) is 0 Å². The van der Waals surface area contributed by atoms with Gasteiger partial charge in [0.25, 0.3) is 0 Å². The molecule has 0 saturated heterocycles. The van der Waals surface area contributed by atoms with E-state index in [0.29, 0.717) is 19.3 Å². The quantitative estimate of drug-likeness (QED) is 0.162. The van der Waals surface area contributed by atoms with Gasteiger partial charge in [-0.1, -0.05) is 85.4 Å². The minimum Gasteiger partial charge on any atom is -0.508 e. The van der Waals surface area contributed by atoms with Crippen molar-refractivity contribution in [2.45, 2.75) is 112 Å². The summed E-state index contributed by atoms with van der Waals surface area (Å²) >= 11 is 0. The Morgan fingerprint density at radius 3 is 1.08 bits per heavy atom. The summed E-state index contributed by atoms with van der Waals surface area (Å²) in [4.78, 5) is 0. The lowest BCUT2D eigenvalue weighted by Gasteiger charge is -2.61. The van der Waals surface area contributed by atoms with E-state index in [9.17, 15) is 30.6 Å². The average molecular weight is 533 g/mol. The molecule has 0 aliphatic heterocycles. The van der Waals surface area contributed by atoms with Gasteiger partial charge in [0.2, 0.25) is 0 Å². The SMILES string of the molecule is CCCCC1(P(C2(CCCC)C=C(O)C=CC2O)C2(CCCC)C=C(O)C=CC2O)C=C(O)C=CC1O. The molecule has 0 heterocycles. The highest BCUT2D eigenvalue weighted by atomic mass is 31.1. The lowest BCUT2D eigenvalue weighted by Crippen LogP contribution is -2.58. The molecule has 6 atom stereocenters. The molecule has 0 bridgehead atoms. The van der Waals surface area contributed by atoms with Gasteiger partial charge in [-0.3, -0.25) is 0 Å². The maximum absolute atomic E-state index is 11.8. The maximum atomic E-state index is 11.8. The third-order valence-electron chi connectivity index (χ3n) is 8.12. The number of allylic oxidation sites excluding steroid dienone is 3. The standard InChI is InChI=1S/C30H45O6P/c1-4-7-16-28(19-22(31)10-13-25(28)34)37(29(17-8-5-2)20-23(32)11-14-26(29)35)30(18-9-6-3)21-24(33)12-15-27(30)36/h10-15,19-21,25-27,31-36H,4-9,16-18H2,1-3H3. The van der Waals surface area contributed by atoms with Crippen molar-refractivity contribution in [3.63, 3.8) is 0 Å². The molecule has 0 spiro atoms. The van der Waals surface area contributed by atoms with Crippen LogP contribution in [-0.2, 0) is 0 Å². The van der Waals surface area contributed by atoms with Crippen LogP contribution in [0.25, 0.3) is 0 Å². The van der Waals surface area contributed by atoms with Gasteiger partial charge in [-0.15, -0.1) is 0 Å². The Kier molecular flexibility index (Phi) is 9.90. The van der Waals surface area contributed by atoms with E-state index in [4.69, 9.17) is 0 Å². The van der Waals surface area contributed by atoms with Gasteiger partial charge in [-0.25, -0.2) is 0 Å². The number of aliphatic hydroxyl groups is 6. The Balaban J connectivity index is 2.46. The highest BCUT2D eigenvalue weighted by Crippen LogP contribution is 2.77. The van der Waals surface area contributed by atoms with Gasteiger partial charge in [0.1, 0.15) is 17.3 Å². The summed E-state index contributed by atoms with van der Waals surface area (Å²) in [5.41, 5.74) is 0. The first kappa shape index (κ1) is 29.7. The predicted octanol–water partition coefficient (Wildman–Crippen LogP) is 6.37. The number of hydrogen-bond acceptors (Lipinski definition) is 6. The number of unbranched alkanes of at least 4 members (excludes halogenated alkanes) is 3. The van der Waals surface area contributed by atoms with E-state index in [1.165, 1.54) is 18.2 Å². The monoisotopic (exact) mass is 532 g/mol. The van der Waals surface area contributed by atoms with Gasteiger partial charge in [0, 0.05) is 15.5 Å². The molecular weight excluding hydrogens is 487 g/mol. The van der Waals surface area contributed by atoms with E-state index in [0.717, 1.165) is 38.5 Å². The van der Waals surface area contributed by atoms with Crippen molar-refractivity contribution < 1.29 is 30.6 Å². The smallest absolute Gasteiger partial charge is 0.112 e. The van der Waals surface area contributed by atoms with Crippen molar-refractivity contribution >= 4 is 7.92 Å². The summed E-state index contributed by atoms with van der Waals surface area (Å²) < 4.78 is 0. The fourth-order valence-electron chi connectivity index (χ4n) is 6.37. The second-order valence-electron chi connectivity index (χ2n) is 10.7. The molecule has 37 heavy (non-hydrogen) atoms. The van der Waals surface area contributed by atoms with Crippen LogP contribution in [0.2, 0.25) is 0 Å². The molecular formula is C30H45O6P. The van der Waals surface area contributed by atoms with Crippen LogP contribution in [0.15, 0.2) is 72.0 Å². The molecule has 0 amide bonds. The summed E-state index contributed by atoms with van der Waals surface area (Å²) in [5, 5.41) is 64.8. The van der Waals surface area contributed by atoms with Crippen LogP contribution in [-0.4, -0.2) is 64.4 Å². The Morgan fingerprint density at radius 1 is 0.568 bits per heavy atom. The van der Waals surface area contributed by atoms with Crippen molar-refractivity contribution in [1.29, 1.82) is 0 Å². The molecule has 0 aromatic heterocycles. The van der Waals surface area contributed by atoms with Crippen molar-refractivity contribution in [2.24, 2.45) is 0 Å². The molecule has 0 radical (unpaired) electrons. The van der Waals surface area contributed by atoms with Crippen LogP contribution < -0.4 is 0 Å². The second kappa shape index (κ2) is 12.3. The molecule has 3 rings (SSSR count). The van der Waals surface area contributed by atoms with E-state index in [2.05, 4.69) is 20.8 Å². The minimum absolute atomic E-state index is 0.0354. The van der Waals surface area contributed by atoms with Crippen LogP contribution in [0.3, 0.4) is 0 Å². The Hall–Kier alpha value is -1.85. The number of hydrogen-bond donors (Lipinski definition) is 6. The van der Waals surface area contributed by atoms with E-state index in [1.54, 1.807) is 36.5 Å². The average Bonchev–Trinajstić information content (AvgIpc) is 2.87. The molecule has 6 unspecified atom stereocenters. The first-order valence-electron chi connectivity index (χ1n) is 13.8. The summed E-state index contributed by atoms with van der Waals surface area (Å²) in [6.07, 6.45) is 17.9. The van der Waals surface area contributed by atoms with Crippen molar-refractivity contribution in [1.82, 2.24) is 0 Å². The van der Waals surface area contributed by atoms with Gasteiger partial charge in [-0.05, 0) is 55.7 Å². The zero-order valence-corrected chi connectivity index (χ0v) is 23.3. The molecule has 0 saturated carbocycles. The Bertz CT molecular complexity index is 857. The highest BCUT2D eigenvalue weighted by Gasteiger charge is 2.63. The fraction of sp³-hybridized carbons (Fsp3) is 0.600. The summed E-state index contributed by atoms with van der Waals surface area (Å²) in [5.74, 6) is 0.106.